The van der Waals surface area contributed by atoms with Crippen molar-refractivity contribution in [3.8, 4) is 0 Å². The summed E-state index contributed by atoms with van der Waals surface area (Å²) in [5, 5.41) is 12.4. The molecule has 4 heteroatoms. The summed E-state index contributed by atoms with van der Waals surface area (Å²) >= 11 is 1.09. The molecule has 2 N–H and O–H groups in total. The number of hydrogen-bond acceptors (Lipinski definition) is 4. The third-order valence-electron chi connectivity index (χ3n) is 2.20. The number of aliphatic hydroxyl groups excluding tert-OH is 1. The Kier molecular flexibility index (Phi) is 3.01. The fourth-order valence-corrected chi connectivity index (χ4v) is 2.25. The maximum absolute atomic E-state index is 11.5. The van der Waals surface area contributed by atoms with Crippen LogP contribution in [0.5, 0.6) is 0 Å². The number of hydrogen-bond donors (Lipinski definition) is 2. The Bertz CT molecular complexity index is 465. The number of allylic oxidation sites excluding steroid dienone is 1. The van der Waals surface area contributed by atoms with Crippen molar-refractivity contribution in [2.24, 2.45) is 0 Å². The number of benzene rings is 1. The molecule has 0 saturated heterocycles. The largest absolute Gasteiger partial charge is 0.511 e. The predicted molar refractivity (Wildman–Crippen MR) is 66.3 cm³/mol. The third-order valence-corrected chi connectivity index (χ3v) is 3.09. The summed E-state index contributed by atoms with van der Waals surface area (Å²) in [5.74, 6) is 0.437. The lowest BCUT2D eigenvalue weighted by molar-refractivity contribution is -0.107. The van der Waals surface area contributed by atoms with Crippen molar-refractivity contribution in [1.82, 2.24) is 0 Å². The Morgan fingerprint density at radius 3 is 2.62 bits per heavy atom. The van der Waals surface area contributed by atoms with Gasteiger partial charge in [0.05, 0.1) is 11.3 Å². The van der Waals surface area contributed by atoms with E-state index < -0.39 is 0 Å². The summed E-state index contributed by atoms with van der Waals surface area (Å²) in [6.45, 7) is 3.77. The van der Waals surface area contributed by atoms with Gasteiger partial charge in [-0.05, 0) is 12.1 Å². The highest BCUT2D eigenvalue weighted by molar-refractivity contribution is 8.14. The molecule has 0 bridgehead atoms. The molecule has 0 saturated carbocycles. The normalized spacial score (nSPS) is 15.4. The van der Waals surface area contributed by atoms with Gasteiger partial charge in [-0.1, -0.05) is 36.5 Å². The third kappa shape index (κ3) is 2.12. The molecule has 0 aliphatic carbocycles. The first-order chi connectivity index (χ1) is 7.68. The topological polar surface area (TPSA) is 49.3 Å². The van der Waals surface area contributed by atoms with Crippen LogP contribution in [-0.2, 0) is 4.79 Å². The molecule has 1 aliphatic heterocycles. The molecule has 82 valence electrons. The van der Waals surface area contributed by atoms with Gasteiger partial charge in [-0.3, -0.25) is 4.79 Å². The smallest absolute Gasteiger partial charge is 0.225 e. The molecule has 16 heavy (non-hydrogen) atoms. The molecule has 1 aromatic rings. The summed E-state index contributed by atoms with van der Waals surface area (Å²) in [6, 6.07) is 9.41. The van der Waals surface area contributed by atoms with E-state index in [-0.39, 0.29) is 10.9 Å². The minimum Gasteiger partial charge on any atom is -0.511 e. The molecule has 0 aromatic heterocycles. The van der Waals surface area contributed by atoms with E-state index in [2.05, 4.69) is 11.9 Å². The summed E-state index contributed by atoms with van der Waals surface area (Å²) in [5.41, 5.74) is 1.59. The van der Waals surface area contributed by atoms with Crippen molar-refractivity contribution >= 4 is 22.6 Å². The Balaban J connectivity index is 2.16. The van der Waals surface area contributed by atoms with Gasteiger partial charge in [0.25, 0.3) is 0 Å². The number of aliphatic hydroxyl groups is 1. The Morgan fingerprint density at radius 2 is 2.06 bits per heavy atom. The monoisotopic (exact) mass is 233 g/mol. The zero-order valence-corrected chi connectivity index (χ0v) is 9.38. The molecular weight excluding hydrogens is 222 g/mol. The summed E-state index contributed by atoms with van der Waals surface area (Å²) < 4.78 is 0. The maximum atomic E-state index is 11.5. The van der Waals surface area contributed by atoms with E-state index in [9.17, 15) is 9.90 Å². The van der Waals surface area contributed by atoms with Gasteiger partial charge in [-0.2, -0.15) is 0 Å². The van der Waals surface area contributed by atoms with Crippen LogP contribution in [-0.4, -0.2) is 16.0 Å². The molecule has 2 rings (SSSR count). The second-order valence-corrected chi connectivity index (χ2v) is 4.32. The zero-order chi connectivity index (χ0) is 11.5. The molecule has 0 unspecified atom stereocenters. The van der Waals surface area contributed by atoms with E-state index in [4.69, 9.17) is 0 Å². The van der Waals surface area contributed by atoms with Crippen LogP contribution >= 0.6 is 11.8 Å². The highest BCUT2D eigenvalue weighted by Gasteiger charge is 2.25. The number of rotatable bonds is 3. The molecule has 0 spiro atoms. The van der Waals surface area contributed by atoms with Crippen LogP contribution in [0.2, 0.25) is 0 Å². The fourth-order valence-electron chi connectivity index (χ4n) is 1.45. The second kappa shape index (κ2) is 4.45. The van der Waals surface area contributed by atoms with Crippen LogP contribution < -0.4 is 5.32 Å². The van der Waals surface area contributed by atoms with Crippen molar-refractivity contribution in [2.45, 2.75) is 0 Å². The molecule has 3 nitrogen and oxygen atoms in total. The molecule has 1 aliphatic rings. The van der Waals surface area contributed by atoms with E-state index in [1.807, 2.05) is 30.3 Å². The van der Waals surface area contributed by atoms with Crippen molar-refractivity contribution in [1.29, 1.82) is 0 Å². The summed E-state index contributed by atoms with van der Waals surface area (Å²) in [4.78, 5) is 11.5. The highest BCUT2D eigenvalue weighted by Crippen LogP contribution is 2.29. The molecule has 1 aromatic carbocycles. The SMILES string of the molecule is C=C(Nc1ccccc1)C1=C(O)CSC1=O. The molecular formula is C12H11NO2S. The van der Waals surface area contributed by atoms with E-state index in [0.717, 1.165) is 17.4 Å². The number of carbonyl (C=O) groups excluding carboxylic acids is 1. The lowest BCUT2D eigenvalue weighted by Crippen LogP contribution is -2.06. The van der Waals surface area contributed by atoms with E-state index in [1.165, 1.54) is 0 Å². The standard InChI is InChI=1S/C12H11NO2S/c1-8(11-10(14)7-16-12(11)15)13-9-5-3-2-4-6-9/h2-6,13-14H,1,7H2. The maximum Gasteiger partial charge on any atom is 0.225 e. The second-order valence-electron chi connectivity index (χ2n) is 3.37. The average Bonchev–Trinajstić information content (AvgIpc) is 2.60. The Labute approximate surface area is 97.9 Å². The van der Waals surface area contributed by atoms with Crippen molar-refractivity contribution < 1.29 is 9.90 Å². The first kappa shape index (κ1) is 10.8. The van der Waals surface area contributed by atoms with Gasteiger partial charge < -0.3 is 10.4 Å². The molecule has 0 atom stereocenters. The molecule has 1 heterocycles. The first-order valence-electron chi connectivity index (χ1n) is 4.79. The van der Waals surface area contributed by atoms with Crippen LogP contribution in [0.15, 0.2) is 53.9 Å². The van der Waals surface area contributed by atoms with Gasteiger partial charge in [-0.25, -0.2) is 0 Å². The van der Waals surface area contributed by atoms with Crippen LogP contribution in [0.25, 0.3) is 0 Å². The number of carbonyl (C=O) groups is 1. The number of para-hydroxylation sites is 1. The van der Waals surface area contributed by atoms with Gasteiger partial charge in [0.15, 0.2) is 0 Å². The lowest BCUT2D eigenvalue weighted by atomic mass is 10.2. The van der Waals surface area contributed by atoms with Crippen LogP contribution in [0.1, 0.15) is 0 Å². The van der Waals surface area contributed by atoms with E-state index >= 15 is 0 Å². The van der Waals surface area contributed by atoms with Gasteiger partial charge in [-0.15, -0.1) is 0 Å². The molecule has 0 amide bonds. The van der Waals surface area contributed by atoms with Crippen molar-refractivity contribution in [2.75, 3.05) is 11.1 Å². The fraction of sp³-hybridized carbons (Fsp3) is 0.0833. The number of thioether (sulfide) groups is 1. The van der Waals surface area contributed by atoms with Gasteiger partial charge in [0.2, 0.25) is 5.12 Å². The van der Waals surface area contributed by atoms with Crippen molar-refractivity contribution in [3.05, 3.63) is 53.9 Å². The Morgan fingerprint density at radius 1 is 1.38 bits per heavy atom. The number of nitrogens with one attached hydrogen (secondary N) is 1. The van der Waals surface area contributed by atoms with E-state index in [0.29, 0.717) is 17.0 Å². The van der Waals surface area contributed by atoms with Crippen LogP contribution in [0.4, 0.5) is 5.69 Å². The zero-order valence-electron chi connectivity index (χ0n) is 8.56. The predicted octanol–water partition coefficient (Wildman–Crippen LogP) is 2.70. The minimum absolute atomic E-state index is 0.100. The van der Waals surface area contributed by atoms with Crippen molar-refractivity contribution in [3.63, 3.8) is 0 Å². The van der Waals surface area contributed by atoms with Crippen LogP contribution in [0.3, 0.4) is 0 Å². The van der Waals surface area contributed by atoms with Gasteiger partial charge in [0.1, 0.15) is 5.76 Å². The number of anilines is 1. The quantitative estimate of drug-likeness (QED) is 0.842. The average molecular weight is 233 g/mol. The van der Waals surface area contributed by atoms with Crippen LogP contribution in [0, 0.1) is 0 Å². The minimum atomic E-state index is -0.133. The first-order valence-corrected chi connectivity index (χ1v) is 5.77. The molecule has 0 radical (unpaired) electrons. The molecule has 0 fully saturated rings. The summed E-state index contributed by atoms with van der Waals surface area (Å²) in [7, 11) is 0. The summed E-state index contributed by atoms with van der Waals surface area (Å²) in [6.07, 6.45) is 0. The lowest BCUT2D eigenvalue weighted by Gasteiger charge is -2.09. The Hall–Kier alpha value is -1.68. The van der Waals surface area contributed by atoms with E-state index in [1.54, 1.807) is 0 Å². The highest BCUT2D eigenvalue weighted by atomic mass is 32.2. The van der Waals surface area contributed by atoms with Gasteiger partial charge in [0, 0.05) is 11.4 Å². The van der Waals surface area contributed by atoms with Gasteiger partial charge >= 0.3 is 0 Å².